The molecule has 1 radical (unpaired) electrons. The molecule has 0 bridgehead atoms. The van der Waals surface area contributed by atoms with Gasteiger partial charge in [-0.15, -0.1) is 81.2 Å². The Balaban J connectivity index is 0.000000144. The molecule has 0 atom stereocenters. The van der Waals surface area contributed by atoms with Crippen LogP contribution in [0.3, 0.4) is 0 Å². The van der Waals surface area contributed by atoms with Crippen molar-refractivity contribution in [2.75, 3.05) is 0 Å². The summed E-state index contributed by atoms with van der Waals surface area (Å²) in [6.07, 6.45) is 14.1. The molecule has 163 valence electrons. The molecule has 1 heteroatoms. The van der Waals surface area contributed by atoms with Gasteiger partial charge in [-0.05, 0) is 0 Å². The molecule has 6 rings (SSSR count). The van der Waals surface area contributed by atoms with E-state index >= 15 is 0 Å². The Morgan fingerprint density at radius 1 is 0.484 bits per heavy atom. The van der Waals surface area contributed by atoms with Gasteiger partial charge < -0.3 is 0 Å². The van der Waals surface area contributed by atoms with Gasteiger partial charge in [-0.1, -0.05) is 88.2 Å². The van der Waals surface area contributed by atoms with Gasteiger partial charge >= 0.3 is 16.8 Å². The number of rotatable bonds is 2. The molecule has 0 unspecified atom stereocenters. The van der Waals surface area contributed by atoms with E-state index in [9.17, 15) is 0 Å². The first-order valence-corrected chi connectivity index (χ1v) is 12.2. The number of benzene rings is 2. The number of fused-ring (bicyclic) bond motifs is 2. The summed E-state index contributed by atoms with van der Waals surface area (Å²) in [5.74, 6) is 1.66. The number of hydrogen-bond donors (Lipinski definition) is 0. The quantitative estimate of drug-likeness (QED) is 0.265. The summed E-state index contributed by atoms with van der Waals surface area (Å²) in [6.45, 7) is 0. The Labute approximate surface area is 198 Å². The first kappa shape index (κ1) is 22.4. The zero-order valence-corrected chi connectivity index (χ0v) is 19.5. The van der Waals surface area contributed by atoms with Crippen LogP contribution in [-0.4, -0.2) is 0 Å². The molecule has 31 heavy (non-hydrogen) atoms. The summed E-state index contributed by atoms with van der Waals surface area (Å²) in [5, 5.41) is 5.81. The van der Waals surface area contributed by atoms with Crippen LogP contribution in [0.4, 0.5) is 0 Å². The van der Waals surface area contributed by atoms with Gasteiger partial charge in [-0.3, -0.25) is 0 Å². The number of hydrogen-bond acceptors (Lipinski definition) is 0. The Bertz CT molecular complexity index is 982. The van der Waals surface area contributed by atoms with E-state index in [1.807, 2.05) is 0 Å². The Morgan fingerprint density at radius 3 is 1.29 bits per heavy atom. The zero-order chi connectivity index (χ0) is 20.2. The van der Waals surface area contributed by atoms with E-state index in [2.05, 4.69) is 72.8 Å². The summed E-state index contributed by atoms with van der Waals surface area (Å²) < 4.78 is 0. The molecule has 0 aromatic heterocycles. The van der Waals surface area contributed by atoms with Crippen molar-refractivity contribution in [1.29, 1.82) is 0 Å². The first-order chi connectivity index (χ1) is 14.9. The molecule has 0 spiro atoms. The zero-order valence-electron chi connectivity index (χ0n) is 18.5. The van der Waals surface area contributed by atoms with Crippen molar-refractivity contribution < 1.29 is 16.8 Å². The van der Waals surface area contributed by atoms with E-state index in [0.717, 1.165) is 11.8 Å². The summed E-state index contributed by atoms with van der Waals surface area (Å²) in [6, 6.07) is 26.8. The van der Waals surface area contributed by atoms with Crippen LogP contribution in [0, 0.1) is 0 Å². The molecule has 4 aromatic carbocycles. The van der Waals surface area contributed by atoms with Crippen LogP contribution < -0.4 is 0 Å². The molecule has 0 heterocycles. The Hall–Kier alpha value is -1.83. The monoisotopic (exact) mass is 453 g/mol. The molecule has 0 nitrogen and oxygen atoms in total. The van der Waals surface area contributed by atoms with Crippen LogP contribution in [0.1, 0.15) is 87.2 Å². The van der Waals surface area contributed by atoms with Crippen LogP contribution in [-0.2, 0) is 16.8 Å². The van der Waals surface area contributed by atoms with Gasteiger partial charge in [0.1, 0.15) is 0 Å². The van der Waals surface area contributed by atoms with Crippen molar-refractivity contribution >= 4 is 21.5 Å². The fraction of sp³-hybridized carbons (Fsp3) is 0.400. The van der Waals surface area contributed by atoms with Crippen molar-refractivity contribution in [2.24, 2.45) is 0 Å². The molecule has 0 aliphatic heterocycles. The molecule has 2 aliphatic rings. The molecule has 2 fully saturated rings. The van der Waals surface area contributed by atoms with Gasteiger partial charge in [0.05, 0.1) is 0 Å². The third-order valence-corrected chi connectivity index (χ3v) is 7.52. The Kier molecular flexibility index (Phi) is 7.69. The molecule has 0 N–H and O–H groups in total. The van der Waals surface area contributed by atoms with Crippen molar-refractivity contribution in [2.45, 2.75) is 76.0 Å². The minimum atomic E-state index is 0. The van der Waals surface area contributed by atoms with Gasteiger partial charge in [0.25, 0.3) is 0 Å². The first-order valence-electron chi connectivity index (χ1n) is 12.2. The molecule has 0 amide bonds. The maximum atomic E-state index is 2.35. The van der Waals surface area contributed by atoms with E-state index in [0.29, 0.717) is 0 Å². The SMILES string of the molecule is [Co+2].c1ccc2c(c1)cc[c-]2C1CCCCC1.c1ccc2c(c1)cc[c-]2C1CCCCC1. The maximum absolute atomic E-state index is 2.35. The second-order valence-electron chi connectivity index (χ2n) is 9.42. The largest absolute Gasteiger partial charge is 2.00 e. The van der Waals surface area contributed by atoms with E-state index in [1.54, 1.807) is 11.1 Å². The van der Waals surface area contributed by atoms with Crippen molar-refractivity contribution in [3.8, 4) is 0 Å². The van der Waals surface area contributed by atoms with Gasteiger partial charge in [-0.2, -0.15) is 12.1 Å². The van der Waals surface area contributed by atoms with Gasteiger partial charge in [0, 0.05) is 0 Å². The van der Waals surface area contributed by atoms with Crippen LogP contribution in [0.25, 0.3) is 21.5 Å². The summed E-state index contributed by atoms with van der Waals surface area (Å²) in [4.78, 5) is 0. The van der Waals surface area contributed by atoms with E-state index in [4.69, 9.17) is 0 Å². The minimum Gasteiger partial charge on any atom is -0.168 e. The average molecular weight is 454 g/mol. The second-order valence-corrected chi connectivity index (χ2v) is 9.42. The van der Waals surface area contributed by atoms with Gasteiger partial charge in [0.2, 0.25) is 0 Å². The van der Waals surface area contributed by atoms with Crippen LogP contribution in [0.2, 0.25) is 0 Å². The normalized spacial score (nSPS) is 17.8. The fourth-order valence-electron chi connectivity index (χ4n) is 5.89. The molecule has 2 aliphatic carbocycles. The van der Waals surface area contributed by atoms with E-state index in [-0.39, 0.29) is 16.8 Å². The van der Waals surface area contributed by atoms with E-state index < -0.39 is 0 Å². The van der Waals surface area contributed by atoms with E-state index in [1.165, 1.54) is 85.8 Å². The molecule has 4 aromatic rings. The molecule has 2 saturated carbocycles. The van der Waals surface area contributed by atoms with Crippen LogP contribution >= 0.6 is 0 Å². The topological polar surface area (TPSA) is 0 Å². The summed E-state index contributed by atoms with van der Waals surface area (Å²) in [7, 11) is 0. The maximum Gasteiger partial charge on any atom is 2.00 e. The second kappa shape index (κ2) is 10.7. The van der Waals surface area contributed by atoms with Crippen molar-refractivity contribution in [3.63, 3.8) is 0 Å². The predicted molar refractivity (Wildman–Crippen MR) is 131 cm³/mol. The summed E-state index contributed by atoms with van der Waals surface area (Å²) in [5.41, 5.74) is 3.20. The average Bonchev–Trinajstić information content (AvgIpc) is 3.45. The summed E-state index contributed by atoms with van der Waals surface area (Å²) >= 11 is 0. The van der Waals surface area contributed by atoms with Gasteiger partial charge in [0.15, 0.2) is 0 Å². The third-order valence-electron chi connectivity index (χ3n) is 7.52. The third kappa shape index (κ3) is 4.99. The Morgan fingerprint density at radius 2 is 0.871 bits per heavy atom. The fourth-order valence-corrected chi connectivity index (χ4v) is 5.89. The molecular weight excluding hydrogens is 419 g/mol. The molecular formula is C30H34Co. The van der Waals surface area contributed by atoms with Gasteiger partial charge in [-0.25, -0.2) is 0 Å². The smallest absolute Gasteiger partial charge is 0.168 e. The predicted octanol–water partition coefficient (Wildman–Crippen LogP) is 9.21. The standard InChI is InChI=1S/2C15H17.Co/c2*1-2-6-12(7-3-1)15-11-10-13-8-4-5-9-14(13)15;/h2*4-5,8-12H,1-3,6-7H2;/q2*-1;+2. The molecule has 0 saturated heterocycles. The van der Waals surface area contributed by atoms with Crippen molar-refractivity contribution in [1.82, 2.24) is 0 Å². The van der Waals surface area contributed by atoms with Crippen LogP contribution in [0.15, 0.2) is 72.8 Å². The van der Waals surface area contributed by atoms with Crippen molar-refractivity contribution in [3.05, 3.63) is 83.9 Å². The van der Waals surface area contributed by atoms with Crippen LogP contribution in [0.5, 0.6) is 0 Å². The minimum absolute atomic E-state index is 0.